The summed E-state index contributed by atoms with van der Waals surface area (Å²) in [5, 5.41) is 19.0. The number of aliphatic hydroxyl groups excluding tert-OH is 2. The minimum absolute atomic E-state index is 0.190. The number of fused-ring (bicyclic) bond motifs is 3. The van der Waals surface area contributed by atoms with Crippen molar-refractivity contribution in [3.63, 3.8) is 0 Å². The highest BCUT2D eigenvalue weighted by molar-refractivity contribution is 7.71. The van der Waals surface area contributed by atoms with Crippen LogP contribution in [-0.2, 0) is 11.2 Å². The van der Waals surface area contributed by atoms with Gasteiger partial charge in [0, 0.05) is 11.6 Å². The number of aromatic nitrogens is 2. The van der Waals surface area contributed by atoms with Crippen molar-refractivity contribution in [2.75, 3.05) is 6.61 Å². The molecular weight excluding hydrogens is 244 g/mol. The molecule has 0 bridgehead atoms. The Bertz CT molecular complexity index is 566. The first-order chi connectivity index (χ1) is 8.11. The summed E-state index contributed by atoms with van der Waals surface area (Å²) in [6, 6.07) is 1.71. The third-order valence-corrected chi connectivity index (χ3v) is 3.66. The lowest BCUT2D eigenvalue weighted by Crippen LogP contribution is -2.30. The van der Waals surface area contributed by atoms with E-state index >= 15 is 0 Å². The van der Waals surface area contributed by atoms with E-state index in [0.717, 1.165) is 5.69 Å². The predicted octanol–water partition coefficient (Wildman–Crippen LogP) is -0.671. The van der Waals surface area contributed by atoms with Crippen LogP contribution in [0.4, 0.5) is 0 Å². The number of ether oxygens (including phenoxy) is 1. The number of nitrogens with zero attached hydrogens (tertiary/aromatic N) is 1. The number of hydrogen-bond donors (Lipinski definition) is 3. The van der Waals surface area contributed by atoms with Gasteiger partial charge >= 0.3 is 5.69 Å². The van der Waals surface area contributed by atoms with Crippen LogP contribution in [-0.4, -0.2) is 38.6 Å². The molecule has 1 fully saturated rings. The molecular formula is C10H12N2O4S. The maximum absolute atomic E-state index is 11.8. The largest absolute Gasteiger partial charge is 0.394 e. The highest BCUT2D eigenvalue weighted by Crippen LogP contribution is 2.41. The smallest absolute Gasteiger partial charge is 0.328 e. The first-order valence-electron chi connectivity index (χ1n) is 5.41. The molecule has 0 aliphatic carbocycles. The van der Waals surface area contributed by atoms with E-state index < -0.39 is 18.4 Å². The maximum atomic E-state index is 11.8. The fourth-order valence-corrected chi connectivity index (χ4v) is 2.88. The van der Waals surface area contributed by atoms with Gasteiger partial charge in [-0.05, 0) is 12.5 Å². The molecule has 3 rings (SSSR count). The highest BCUT2D eigenvalue weighted by Gasteiger charge is 2.48. The van der Waals surface area contributed by atoms with E-state index in [4.69, 9.17) is 22.1 Å². The van der Waals surface area contributed by atoms with Gasteiger partial charge in [-0.25, -0.2) is 4.79 Å². The number of hydrogen-bond acceptors (Lipinski definition) is 5. The Morgan fingerprint density at radius 2 is 2.41 bits per heavy atom. The molecule has 0 aromatic carbocycles. The van der Waals surface area contributed by atoms with Crippen molar-refractivity contribution in [2.45, 2.75) is 24.9 Å². The summed E-state index contributed by atoms with van der Waals surface area (Å²) in [7, 11) is 0. The number of aromatic amines is 1. The summed E-state index contributed by atoms with van der Waals surface area (Å²) < 4.78 is 7.36. The van der Waals surface area contributed by atoms with Crippen molar-refractivity contribution in [3.05, 3.63) is 26.9 Å². The second kappa shape index (κ2) is 3.74. The second-order valence-electron chi connectivity index (χ2n) is 4.41. The minimum atomic E-state index is -0.752. The summed E-state index contributed by atoms with van der Waals surface area (Å²) in [5.41, 5.74) is 0.440. The van der Waals surface area contributed by atoms with Crippen LogP contribution in [0, 0.1) is 10.6 Å². The molecule has 0 unspecified atom stereocenters. The fourth-order valence-electron chi connectivity index (χ4n) is 2.66. The fraction of sp³-hybridized carbons (Fsp3) is 0.600. The van der Waals surface area contributed by atoms with Gasteiger partial charge < -0.3 is 14.9 Å². The van der Waals surface area contributed by atoms with Crippen molar-refractivity contribution in [1.82, 2.24) is 9.55 Å². The van der Waals surface area contributed by atoms with Gasteiger partial charge in [0.25, 0.3) is 0 Å². The lowest BCUT2D eigenvalue weighted by Gasteiger charge is -2.14. The summed E-state index contributed by atoms with van der Waals surface area (Å²) in [4.78, 5) is 14.3. The van der Waals surface area contributed by atoms with Gasteiger partial charge in [-0.3, -0.25) is 9.55 Å². The SMILES string of the molecule is O=c1[nH]c(=S)cc2n1[C@@H]1O[C@H](CO)[C@@H](O)[C@H]1C2. The first kappa shape index (κ1) is 11.1. The Morgan fingerprint density at radius 1 is 1.65 bits per heavy atom. The van der Waals surface area contributed by atoms with Crippen molar-refractivity contribution in [3.8, 4) is 0 Å². The van der Waals surface area contributed by atoms with E-state index in [9.17, 15) is 9.90 Å². The number of rotatable bonds is 1. The molecule has 4 atom stereocenters. The van der Waals surface area contributed by atoms with E-state index in [1.165, 1.54) is 4.57 Å². The van der Waals surface area contributed by atoms with Gasteiger partial charge in [-0.1, -0.05) is 12.2 Å². The molecule has 7 heteroatoms. The molecule has 17 heavy (non-hydrogen) atoms. The molecule has 2 aliphatic heterocycles. The van der Waals surface area contributed by atoms with E-state index in [1.54, 1.807) is 6.07 Å². The second-order valence-corrected chi connectivity index (χ2v) is 4.85. The van der Waals surface area contributed by atoms with Crippen molar-refractivity contribution >= 4 is 12.2 Å². The van der Waals surface area contributed by atoms with Crippen LogP contribution in [0.15, 0.2) is 10.9 Å². The highest BCUT2D eigenvalue weighted by atomic mass is 32.1. The number of aliphatic hydroxyl groups is 2. The molecule has 0 amide bonds. The Balaban J connectivity index is 2.08. The Labute approximate surface area is 101 Å². The molecule has 0 spiro atoms. The molecule has 3 N–H and O–H groups in total. The molecule has 3 heterocycles. The third-order valence-electron chi connectivity index (χ3n) is 3.44. The van der Waals surface area contributed by atoms with Crippen molar-refractivity contribution in [2.24, 2.45) is 5.92 Å². The standard InChI is InChI=1S/C10H12N2O4S/c13-3-6-8(14)5-1-4-2-7(17)11-10(15)12(4)9(5)16-6/h2,5-6,8-9,13-14H,1,3H2,(H,11,15,17)/t5-,6-,8+,9-/m1/s1. The number of nitrogens with one attached hydrogen (secondary N) is 1. The molecule has 6 nitrogen and oxygen atoms in total. The van der Waals surface area contributed by atoms with E-state index in [2.05, 4.69) is 4.98 Å². The van der Waals surface area contributed by atoms with Crippen LogP contribution in [0.3, 0.4) is 0 Å². The van der Waals surface area contributed by atoms with E-state index in [1.807, 2.05) is 0 Å². The monoisotopic (exact) mass is 256 g/mol. The molecule has 0 saturated carbocycles. The van der Waals surface area contributed by atoms with Gasteiger partial charge in [0.15, 0.2) is 0 Å². The minimum Gasteiger partial charge on any atom is -0.394 e. The van der Waals surface area contributed by atoms with Gasteiger partial charge in [0.2, 0.25) is 0 Å². The van der Waals surface area contributed by atoms with E-state index in [-0.39, 0.29) is 18.2 Å². The average molecular weight is 256 g/mol. The summed E-state index contributed by atoms with van der Waals surface area (Å²) in [6.45, 7) is -0.249. The zero-order chi connectivity index (χ0) is 12.2. The maximum Gasteiger partial charge on any atom is 0.328 e. The Morgan fingerprint density at radius 3 is 3.12 bits per heavy atom. The zero-order valence-corrected chi connectivity index (χ0v) is 9.68. The molecule has 0 radical (unpaired) electrons. The summed E-state index contributed by atoms with van der Waals surface area (Å²) in [6.07, 6.45) is -1.34. The van der Waals surface area contributed by atoms with Crippen LogP contribution < -0.4 is 5.69 Å². The summed E-state index contributed by atoms with van der Waals surface area (Å²) in [5.74, 6) is -0.190. The van der Waals surface area contributed by atoms with Gasteiger partial charge in [-0.2, -0.15) is 0 Å². The van der Waals surface area contributed by atoms with E-state index in [0.29, 0.717) is 11.1 Å². The summed E-state index contributed by atoms with van der Waals surface area (Å²) >= 11 is 4.94. The average Bonchev–Trinajstić information content (AvgIpc) is 2.75. The molecule has 92 valence electrons. The zero-order valence-electron chi connectivity index (χ0n) is 8.87. The predicted molar refractivity (Wildman–Crippen MR) is 60.1 cm³/mol. The Hall–Kier alpha value is -1.02. The normalized spacial score (nSPS) is 34.7. The lowest BCUT2D eigenvalue weighted by atomic mass is 9.98. The van der Waals surface area contributed by atoms with Crippen LogP contribution in [0.25, 0.3) is 0 Å². The quantitative estimate of drug-likeness (QED) is 0.580. The van der Waals surface area contributed by atoms with Crippen LogP contribution in [0.2, 0.25) is 0 Å². The van der Waals surface area contributed by atoms with Gasteiger partial charge in [0.1, 0.15) is 17.0 Å². The van der Waals surface area contributed by atoms with Crippen LogP contribution in [0.5, 0.6) is 0 Å². The van der Waals surface area contributed by atoms with Gasteiger partial charge in [0.05, 0.1) is 12.7 Å². The Kier molecular flexibility index (Phi) is 2.44. The van der Waals surface area contributed by atoms with Crippen molar-refractivity contribution < 1.29 is 14.9 Å². The molecule has 1 saturated heterocycles. The van der Waals surface area contributed by atoms with Crippen LogP contribution in [0.1, 0.15) is 11.9 Å². The molecule has 1 aromatic heterocycles. The molecule has 1 aromatic rings. The topological polar surface area (TPSA) is 87.5 Å². The third kappa shape index (κ3) is 1.50. The van der Waals surface area contributed by atoms with Crippen LogP contribution >= 0.6 is 12.2 Å². The van der Waals surface area contributed by atoms with Gasteiger partial charge in [-0.15, -0.1) is 0 Å². The van der Waals surface area contributed by atoms with Crippen molar-refractivity contribution in [1.29, 1.82) is 0 Å². The first-order valence-corrected chi connectivity index (χ1v) is 5.82. The lowest BCUT2D eigenvalue weighted by molar-refractivity contribution is -0.0457. The molecule has 2 aliphatic rings. The number of H-pyrrole nitrogens is 1.